The molecule has 0 bridgehead atoms. The number of hydrogen-bond donors (Lipinski definition) is 0. The van der Waals surface area contributed by atoms with Gasteiger partial charge in [-0.3, -0.25) is 4.79 Å². The maximum Gasteiger partial charge on any atom is 0.306 e. The molecule has 0 spiro atoms. The van der Waals surface area contributed by atoms with Crippen molar-refractivity contribution < 1.29 is 29.0 Å². The molecule has 0 amide bonds. The Hall–Kier alpha value is 0.0934. The standard InChI is InChI=1S/C12H24O2.Zn/c1-4-6-8-10-12(13)14-11(3)9-7-5-2;/h11H,4-10H2,1-3H3;. The minimum atomic E-state index is -0.0259. The summed E-state index contributed by atoms with van der Waals surface area (Å²) in [5.74, 6) is -0.0259. The molecule has 3 heteroatoms. The molecule has 0 saturated heterocycles. The molecule has 0 radical (unpaired) electrons. The van der Waals surface area contributed by atoms with Crippen LogP contribution >= 0.6 is 0 Å². The molecule has 0 fully saturated rings. The average Bonchev–Trinajstić information content (AvgIpc) is 2.15. The van der Waals surface area contributed by atoms with Gasteiger partial charge in [-0.05, 0) is 19.8 Å². The van der Waals surface area contributed by atoms with Gasteiger partial charge in [0.15, 0.2) is 0 Å². The maximum atomic E-state index is 11.3. The summed E-state index contributed by atoms with van der Waals surface area (Å²) in [6.07, 6.45) is 7.23. The van der Waals surface area contributed by atoms with E-state index in [-0.39, 0.29) is 31.6 Å². The van der Waals surface area contributed by atoms with Crippen LogP contribution < -0.4 is 0 Å². The molecular weight excluding hydrogens is 242 g/mol. The third kappa shape index (κ3) is 12.0. The Bertz CT molecular complexity index is 149. The molecule has 15 heavy (non-hydrogen) atoms. The maximum absolute atomic E-state index is 11.3. The molecule has 0 aromatic carbocycles. The summed E-state index contributed by atoms with van der Waals surface area (Å²) in [6.45, 7) is 6.26. The molecule has 1 unspecified atom stereocenters. The molecule has 0 heterocycles. The van der Waals surface area contributed by atoms with Crippen molar-refractivity contribution in [1.29, 1.82) is 0 Å². The zero-order chi connectivity index (χ0) is 10.8. The van der Waals surface area contributed by atoms with Crippen LogP contribution in [0.2, 0.25) is 0 Å². The van der Waals surface area contributed by atoms with Crippen LogP contribution in [0.1, 0.15) is 65.7 Å². The van der Waals surface area contributed by atoms with E-state index in [0.29, 0.717) is 6.42 Å². The Balaban J connectivity index is 0. The first-order chi connectivity index (χ1) is 6.70. The summed E-state index contributed by atoms with van der Waals surface area (Å²) in [4.78, 5) is 11.3. The van der Waals surface area contributed by atoms with Crippen molar-refractivity contribution in [1.82, 2.24) is 0 Å². The molecule has 0 rings (SSSR count). The van der Waals surface area contributed by atoms with Crippen LogP contribution in [0.5, 0.6) is 0 Å². The van der Waals surface area contributed by atoms with Crippen molar-refractivity contribution in [3.8, 4) is 0 Å². The molecule has 2 nitrogen and oxygen atoms in total. The summed E-state index contributed by atoms with van der Waals surface area (Å²) >= 11 is 0. The Kier molecular flexibility index (Phi) is 14.2. The Morgan fingerprint density at radius 2 is 1.73 bits per heavy atom. The zero-order valence-corrected chi connectivity index (χ0v) is 13.5. The monoisotopic (exact) mass is 264 g/mol. The molecule has 0 aliphatic heterocycles. The van der Waals surface area contributed by atoms with Crippen molar-refractivity contribution in [3.63, 3.8) is 0 Å². The largest absolute Gasteiger partial charge is 0.463 e. The fourth-order valence-corrected chi connectivity index (χ4v) is 1.35. The van der Waals surface area contributed by atoms with E-state index in [9.17, 15) is 4.79 Å². The first-order valence-electron chi connectivity index (χ1n) is 5.90. The summed E-state index contributed by atoms with van der Waals surface area (Å²) < 4.78 is 5.26. The Labute approximate surface area is 107 Å². The van der Waals surface area contributed by atoms with E-state index in [1.807, 2.05) is 6.92 Å². The number of carbonyl (C=O) groups excluding carboxylic acids is 1. The van der Waals surface area contributed by atoms with Gasteiger partial charge in [0.2, 0.25) is 0 Å². The van der Waals surface area contributed by atoms with Gasteiger partial charge in [-0.2, -0.15) is 0 Å². The van der Waals surface area contributed by atoms with Gasteiger partial charge in [0.05, 0.1) is 6.10 Å². The van der Waals surface area contributed by atoms with E-state index in [1.54, 1.807) is 0 Å². The van der Waals surface area contributed by atoms with Crippen molar-refractivity contribution in [3.05, 3.63) is 0 Å². The second kappa shape index (κ2) is 12.2. The van der Waals surface area contributed by atoms with Gasteiger partial charge in [0, 0.05) is 25.9 Å². The molecule has 1 atom stereocenters. The van der Waals surface area contributed by atoms with Crippen LogP contribution in [0, 0.1) is 0 Å². The summed E-state index contributed by atoms with van der Waals surface area (Å²) in [5.41, 5.74) is 0. The second-order valence-corrected chi connectivity index (χ2v) is 3.90. The van der Waals surface area contributed by atoms with Crippen LogP contribution in [-0.4, -0.2) is 12.1 Å². The van der Waals surface area contributed by atoms with Crippen molar-refractivity contribution >= 4 is 5.97 Å². The van der Waals surface area contributed by atoms with Gasteiger partial charge >= 0.3 is 5.97 Å². The number of ether oxygens (including phenoxy) is 1. The van der Waals surface area contributed by atoms with Crippen LogP contribution in [0.25, 0.3) is 0 Å². The van der Waals surface area contributed by atoms with Crippen molar-refractivity contribution in [2.45, 2.75) is 71.8 Å². The summed E-state index contributed by atoms with van der Waals surface area (Å²) in [6, 6.07) is 0. The van der Waals surface area contributed by atoms with Gasteiger partial charge < -0.3 is 4.74 Å². The number of unbranched alkanes of at least 4 members (excludes halogenated alkanes) is 3. The van der Waals surface area contributed by atoms with Crippen LogP contribution in [0.4, 0.5) is 0 Å². The first-order valence-corrected chi connectivity index (χ1v) is 5.90. The molecule has 0 aromatic heterocycles. The van der Waals surface area contributed by atoms with Crippen LogP contribution in [-0.2, 0) is 29.0 Å². The normalized spacial score (nSPS) is 11.7. The van der Waals surface area contributed by atoms with E-state index in [0.717, 1.165) is 38.5 Å². The van der Waals surface area contributed by atoms with Crippen molar-refractivity contribution in [2.75, 3.05) is 0 Å². The van der Waals surface area contributed by atoms with Crippen LogP contribution in [0.3, 0.4) is 0 Å². The SMILES string of the molecule is CCCCCC(=O)OC(C)CCCC.[Zn]. The minimum absolute atomic E-state index is 0. The van der Waals surface area contributed by atoms with E-state index in [2.05, 4.69) is 13.8 Å². The average molecular weight is 266 g/mol. The van der Waals surface area contributed by atoms with Gasteiger partial charge in [-0.25, -0.2) is 0 Å². The minimum Gasteiger partial charge on any atom is -0.463 e. The molecule has 0 aliphatic carbocycles. The fraction of sp³-hybridized carbons (Fsp3) is 0.917. The third-order valence-electron chi connectivity index (χ3n) is 2.28. The topological polar surface area (TPSA) is 26.3 Å². The number of rotatable bonds is 8. The second-order valence-electron chi connectivity index (χ2n) is 3.90. The van der Waals surface area contributed by atoms with Gasteiger partial charge in [0.25, 0.3) is 0 Å². The molecule has 86 valence electrons. The van der Waals surface area contributed by atoms with E-state index >= 15 is 0 Å². The quantitative estimate of drug-likeness (QED) is 0.380. The smallest absolute Gasteiger partial charge is 0.306 e. The summed E-state index contributed by atoms with van der Waals surface area (Å²) in [5, 5.41) is 0. The summed E-state index contributed by atoms with van der Waals surface area (Å²) in [7, 11) is 0. The molecule has 0 saturated carbocycles. The Morgan fingerprint density at radius 3 is 2.27 bits per heavy atom. The van der Waals surface area contributed by atoms with E-state index < -0.39 is 0 Å². The third-order valence-corrected chi connectivity index (χ3v) is 2.28. The fourth-order valence-electron chi connectivity index (χ4n) is 1.35. The molecule has 0 aliphatic rings. The molecule has 0 N–H and O–H groups in total. The molecular formula is C12H24O2Zn. The molecule has 0 aromatic rings. The van der Waals surface area contributed by atoms with Crippen molar-refractivity contribution in [2.24, 2.45) is 0 Å². The van der Waals surface area contributed by atoms with E-state index in [1.165, 1.54) is 0 Å². The van der Waals surface area contributed by atoms with E-state index in [4.69, 9.17) is 4.74 Å². The Morgan fingerprint density at radius 1 is 1.13 bits per heavy atom. The predicted molar refractivity (Wildman–Crippen MR) is 59.2 cm³/mol. The number of hydrogen-bond acceptors (Lipinski definition) is 2. The van der Waals surface area contributed by atoms with Crippen LogP contribution in [0.15, 0.2) is 0 Å². The number of carbonyl (C=O) groups is 1. The van der Waals surface area contributed by atoms with Gasteiger partial charge in [-0.15, -0.1) is 0 Å². The van der Waals surface area contributed by atoms with Gasteiger partial charge in [-0.1, -0.05) is 39.5 Å². The number of esters is 1. The van der Waals surface area contributed by atoms with Gasteiger partial charge in [0.1, 0.15) is 0 Å². The zero-order valence-electron chi connectivity index (χ0n) is 10.6. The predicted octanol–water partition coefficient (Wildman–Crippen LogP) is 3.69. The first kappa shape index (κ1) is 17.5.